The second kappa shape index (κ2) is 7.83. The Balaban J connectivity index is 1.38. The first-order valence-corrected chi connectivity index (χ1v) is 9.84. The lowest BCUT2D eigenvalue weighted by Crippen LogP contribution is -2.12. The summed E-state index contributed by atoms with van der Waals surface area (Å²) in [5.74, 6) is 1.12. The molecule has 31 heavy (non-hydrogen) atoms. The number of amides is 1. The van der Waals surface area contributed by atoms with Gasteiger partial charge in [-0.3, -0.25) is 9.78 Å². The van der Waals surface area contributed by atoms with Crippen molar-refractivity contribution < 1.29 is 4.79 Å². The SMILES string of the molecule is Cc1nc2c3ccccc3nc(NCc3cccc(NC(=O)c4ccncc4)c3)n2n1. The van der Waals surface area contributed by atoms with Gasteiger partial charge >= 0.3 is 0 Å². The van der Waals surface area contributed by atoms with Crippen molar-refractivity contribution in [1.29, 1.82) is 0 Å². The van der Waals surface area contributed by atoms with E-state index in [1.54, 1.807) is 29.0 Å². The zero-order chi connectivity index (χ0) is 21.2. The molecule has 0 unspecified atom stereocenters. The van der Waals surface area contributed by atoms with Crippen LogP contribution in [-0.2, 0) is 6.54 Å². The maximum atomic E-state index is 12.4. The number of nitrogens with zero attached hydrogens (tertiary/aromatic N) is 5. The molecule has 0 saturated heterocycles. The third-order valence-corrected chi connectivity index (χ3v) is 4.86. The number of nitrogens with one attached hydrogen (secondary N) is 2. The van der Waals surface area contributed by atoms with Gasteiger partial charge in [0.1, 0.15) is 5.82 Å². The zero-order valence-corrected chi connectivity index (χ0v) is 16.8. The molecule has 0 atom stereocenters. The highest BCUT2D eigenvalue weighted by atomic mass is 16.1. The highest BCUT2D eigenvalue weighted by Crippen LogP contribution is 2.21. The highest BCUT2D eigenvalue weighted by molar-refractivity contribution is 6.04. The third-order valence-electron chi connectivity index (χ3n) is 4.86. The minimum atomic E-state index is -0.177. The molecule has 3 aromatic heterocycles. The Hall–Kier alpha value is -4.33. The van der Waals surface area contributed by atoms with E-state index in [1.165, 1.54) is 0 Å². The van der Waals surface area contributed by atoms with E-state index < -0.39 is 0 Å². The molecule has 0 aliphatic carbocycles. The fraction of sp³-hybridized carbons (Fsp3) is 0.0870. The van der Waals surface area contributed by atoms with Crippen LogP contribution in [0.3, 0.4) is 0 Å². The molecule has 5 rings (SSSR count). The molecule has 2 N–H and O–H groups in total. The van der Waals surface area contributed by atoms with Crippen molar-refractivity contribution in [1.82, 2.24) is 24.6 Å². The number of benzene rings is 2. The minimum absolute atomic E-state index is 0.177. The Morgan fingerprint density at radius 2 is 1.84 bits per heavy atom. The van der Waals surface area contributed by atoms with Gasteiger partial charge in [-0.1, -0.05) is 24.3 Å². The summed E-state index contributed by atoms with van der Waals surface area (Å²) in [7, 11) is 0. The van der Waals surface area contributed by atoms with Crippen LogP contribution in [0.5, 0.6) is 0 Å². The van der Waals surface area contributed by atoms with Gasteiger partial charge in [0.25, 0.3) is 5.91 Å². The maximum Gasteiger partial charge on any atom is 0.255 e. The standard InChI is InChI=1S/C23H19N7O/c1-15-26-21-19-7-2-3-8-20(19)28-23(30(21)29-15)25-14-16-5-4-6-18(13-16)27-22(31)17-9-11-24-12-10-17/h2-13H,14H2,1H3,(H,25,28)(H,27,31). The van der Waals surface area contributed by atoms with Gasteiger partial charge < -0.3 is 10.6 Å². The van der Waals surface area contributed by atoms with Crippen molar-refractivity contribution in [2.45, 2.75) is 13.5 Å². The average Bonchev–Trinajstić information content (AvgIpc) is 3.20. The molecule has 0 saturated carbocycles. The van der Waals surface area contributed by atoms with Gasteiger partial charge in [-0.15, -0.1) is 5.10 Å². The van der Waals surface area contributed by atoms with Crippen LogP contribution in [0, 0.1) is 6.92 Å². The molecule has 152 valence electrons. The van der Waals surface area contributed by atoms with Crippen LogP contribution in [-0.4, -0.2) is 30.5 Å². The summed E-state index contributed by atoms with van der Waals surface area (Å²) in [6.07, 6.45) is 3.19. The molecule has 3 heterocycles. The fourth-order valence-electron chi connectivity index (χ4n) is 3.42. The lowest BCUT2D eigenvalue weighted by Gasteiger charge is -2.11. The molecule has 5 aromatic rings. The van der Waals surface area contributed by atoms with E-state index in [0.29, 0.717) is 29.6 Å². The highest BCUT2D eigenvalue weighted by Gasteiger charge is 2.12. The van der Waals surface area contributed by atoms with Crippen molar-refractivity contribution in [2.75, 3.05) is 10.6 Å². The van der Waals surface area contributed by atoms with Crippen LogP contribution < -0.4 is 10.6 Å². The first-order valence-electron chi connectivity index (χ1n) is 9.84. The predicted octanol–water partition coefficient (Wildman–Crippen LogP) is 3.85. The normalized spacial score (nSPS) is 11.0. The summed E-state index contributed by atoms with van der Waals surface area (Å²) in [6.45, 7) is 2.37. The summed E-state index contributed by atoms with van der Waals surface area (Å²) in [5.41, 5.74) is 3.89. The van der Waals surface area contributed by atoms with Crippen molar-refractivity contribution in [2.24, 2.45) is 0 Å². The predicted molar refractivity (Wildman–Crippen MR) is 119 cm³/mol. The first-order chi connectivity index (χ1) is 15.2. The van der Waals surface area contributed by atoms with E-state index in [9.17, 15) is 4.79 Å². The molecule has 0 spiro atoms. The number of rotatable bonds is 5. The Bertz CT molecular complexity index is 1400. The molecule has 0 bridgehead atoms. The second-order valence-corrected chi connectivity index (χ2v) is 7.09. The van der Waals surface area contributed by atoms with Gasteiger partial charge in [0.15, 0.2) is 5.65 Å². The molecule has 0 aliphatic rings. The van der Waals surface area contributed by atoms with Crippen LogP contribution >= 0.6 is 0 Å². The van der Waals surface area contributed by atoms with E-state index >= 15 is 0 Å². The van der Waals surface area contributed by atoms with E-state index in [-0.39, 0.29) is 5.91 Å². The van der Waals surface area contributed by atoms with Crippen molar-refractivity contribution >= 4 is 34.1 Å². The number of anilines is 2. The summed E-state index contributed by atoms with van der Waals surface area (Å²) in [6, 6.07) is 18.9. The van der Waals surface area contributed by atoms with Crippen LogP contribution in [0.1, 0.15) is 21.7 Å². The quantitative estimate of drug-likeness (QED) is 0.458. The van der Waals surface area contributed by atoms with Crippen LogP contribution in [0.25, 0.3) is 16.6 Å². The van der Waals surface area contributed by atoms with Gasteiger partial charge in [-0.25, -0.2) is 9.97 Å². The monoisotopic (exact) mass is 409 g/mol. The Morgan fingerprint density at radius 3 is 2.71 bits per heavy atom. The summed E-state index contributed by atoms with van der Waals surface area (Å²) < 4.78 is 1.73. The number of para-hydroxylation sites is 1. The van der Waals surface area contributed by atoms with E-state index in [1.807, 2.05) is 55.5 Å². The van der Waals surface area contributed by atoms with Crippen LogP contribution in [0.2, 0.25) is 0 Å². The molecule has 1 amide bonds. The number of fused-ring (bicyclic) bond motifs is 3. The topological polar surface area (TPSA) is 97.1 Å². The summed E-state index contributed by atoms with van der Waals surface area (Å²) in [4.78, 5) is 25.6. The van der Waals surface area contributed by atoms with Gasteiger partial charge in [-0.05, 0) is 48.9 Å². The maximum absolute atomic E-state index is 12.4. The van der Waals surface area contributed by atoms with Gasteiger partial charge in [0.05, 0.1) is 5.52 Å². The smallest absolute Gasteiger partial charge is 0.255 e. The molecule has 8 nitrogen and oxygen atoms in total. The minimum Gasteiger partial charge on any atom is -0.350 e. The largest absolute Gasteiger partial charge is 0.350 e. The molecule has 0 aliphatic heterocycles. The average molecular weight is 409 g/mol. The van der Waals surface area contributed by atoms with E-state index in [2.05, 4.69) is 25.7 Å². The van der Waals surface area contributed by atoms with E-state index in [0.717, 1.165) is 22.1 Å². The fourth-order valence-corrected chi connectivity index (χ4v) is 3.42. The van der Waals surface area contributed by atoms with Crippen LogP contribution in [0.15, 0.2) is 73.1 Å². The van der Waals surface area contributed by atoms with Gasteiger partial charge in [0.2, 0.25) is 5.95 Å². The molecule has 2 aromatic carbocycles. The number of aryl methyl sites for hydroxylation is 1. The molecule has 0 radical (unpaired) electrons. The summed E-state index contributed by atoms with van der Waals surface area (Å²) in [5, 5.41) is 11.7. The number of carbonyl (C=O) groups is 1. The molecular weight excluding hydrogens is 390 g/mol. The van der Waals surface area contributed by atoms with Gasteiger partial charge in [-0.2, -0.15) is 4.52 Å². The van der Waals surface area contributed by atoms with Crippen molar-refractivity contribution in [3.05, 3.63) is 90.0 Å². The Morgan fingerprint density at radius 1 is 1.00 bits per heavy atom. The van der Waals surface area contributed by atoms with Crippen LogP contribution in [0.4, 0.5) is 11.6 Å². The zero-order valence-electron chi connectivity index (χ0n) is 16.8. The number of hydrogen-bond donors (Lipinski definition) is 2. The van der Waals surface area contributed by atoms with Crippen molar-refractivity contribution in [3.63, 3.8) is 0 Å². The molecule has 8 heteroatoms. The first kappa shape index (κ1) is 18.7. The Kier molecular flexibility index (Phi) is 4.72. The lowest BCUT2D eigenvalue weighted by atomic mass is 10.2. The van der Waals surface area contributed by atoms with Gasteiger partial charge in [0, 0.05) is 35.6 Å². The number of carbonyl (C=O) groups excluding carboxylic acids is 1. The van der Waals surface area contributed by atoms with E-state index in [4.69, 9.17) is 4.98 Å². The lowest BCUT2D eigenvalue weighted by molar-refractivity contribution is 0.102. The number of aromatic nitrogens is 5. The van der Waals surface area contributed by atoms with Crippen molar-refractivity contribution in [3.8, 4) is 0 Å². The number of hydrogen-bond acceptors (Lipinski definition) is 6. The molecule has 0 fully saturated rings. The number of pyridine rings is 1. The molecular formula is C23H19N7O. The Labute approximate surface area is 178 Å². The summed E-state index contributed by atoms with van der Waals surface area (Å²) >= 11 is 0. The second-order valence-electron chi connectivity index (χ2n) is 7.09. The third kappa shape index (κ3) is 3.78.